The molecule has 1 amide bonds. The number of hydrogen-bond acceptors (Lipinski definition) is 4. The molecule has 0 saturated carbocycles. The van der Waals surface area contributed by atoms with Crippen molar-refractivity contribution in [2.45, 2.75) is 32.6 Å². The Bertz CT molecular complexity index is 668. The van der Waals surface area contributed by atoms with Gasteiger partial charge in [0, 0.05) is 11.3 Å². The van der Waals surface area contributed by atoms with Crippen molar-refractivity contribution in [1.29, 1.82) is 0 Å². The minimum absolute atomic E-state index is 0.0584. The van der Waals surface area contributed by atoms with Gasteiger partial charge in [0.05, 0.1) is 13.0 Å². The molecule has 1 aromatic carbocycles. The van der Waals surface area contributed by atoms with Crippen molar-refractivity contribution in [2.75, 3.05) is 11.9 Å². The Labute approximate surface area is 129 Å². The highest BCUT2D eigenvalue weighted by atomic mass is 16.5. The van der Waals surface area contributed by atoms with Gasteiger partial charge >= 0.3 is 0 Å². The molecule has 114 valence electrons. The van der Waals surface area contributed by atoms with Gasteiger partial charge in [-0.1, -0.05) is 12.1 Å². The predicted octanol–water partition coefficient (Wildman–Crippen LogP) is 2.55. The van der Waals surface area contributed by atoms with Crippen LogP contribution in [0.5, 0.6) is 5.75 Å². The lowest BCUT2D eigenvalue weighted by Gasteiger charge is -2.09. The maximum Gasteiger partial charge on any atom is 0.229 e. The van der Waals surface area contributed by atoms with Crippen LogP contribution in [-0.4, -0.2) is 22.5 Å². The Morgan fingerprint density at radius 3 is 2.82 bits per heavy atom. The van der Waals surface area contributed by atoms with Gasteiger partial charge in [-0.15, -0.1) is 0 Å². The number of carbonyl (C=O) groups is 1. The quantitative estimate of drug-likeness (QED) is 0.921. The molecule has 0 atom stereocenters. The maximum absolute atomic E-state index is 12.2. The van der Waals surface area contributed by atoms with Crippen LogP contribution >= 0.6 is 0 Å². The standard InChI is InChI=1S/C17H19N3O2/c1-2-22-13-8-6-12(7-9-13)10-16(21)20-17-14-4-3-5-15(14)18-11-19-17/h6-9,11H,2-5,10H2,1H3,(H,18,19,20,21). The average molecular weight is 297 g/mol. The summed E-state index contributed by atoms with van der Waals surface area (Å²) in [6.07, 6.45) is 4.84. The largest absolute Gasteiger partial charge is 0.494 e. The molecule has 0 spiro atoms. The number of benzene rings is 1. The van der Waals surface area contributed by atoms with Gasteiger partial charge in [-0.05, 0) is 43.9 Å². The normalized spacial score (nSPS) is 12.8. The number of amides is 1. The number of rotatable bonds is 5. The number of aromatic nitrogens is 2. The van der Waals surface area contributed by atoms with E-state index in [1.54, 1.807) is 0 Å². The van der Waals surface area contributed by atoms with Crippen molar-refractivity contribution in [3.63, 3.8) is 0 Å². The minimum atomic E-state index is -0.0584. The van der Waals surface area contributed by atoms with E-state index in [0.29, 0.717) is 18.8 Å². The van der Waals surface area contributed by atoms with Gasteiger partial charge in [-0.3, -0.25) is 4.79 Å². The third-order valence-electron chi connectivity index (χ3n) is 3.73. The maximum atomic E-state index is 12.2. The zero-order valence-electron chi connectivity index (χ0n) is 12.6. The fraction of sp³-hybridized carbons (Fsp3) is 0.353. The third kappa shape index (κ3) is 3.24. The molecular formula is C17H19N3O2. The second-order valence-corrected chi connectivity index (χ2v) is 5.30. The van der Waals surface area contributed by atoms with E-state index in [1.807, 2.05) is 31.2 Å². The summed E-state index contributed by atoms with van der Waals surface area (Å²) >= 11 is 0. The van der Waals surface area contributed by atoms with Gasteiger partial charge < -0.3 is 10.1 Å². The molecule has 0 fully saturated rings. The first-order valence-corrected chi connectivity index (χ1v) is 7.60. The molecule has 3 rings (SSSR count). The highest BCUT2D eigenvalue weighted by molar-refractivity contribution is 5.92. The minimum Gasteiger partial charge on any atom is -0.494 e. The van der Waals surface area contributed by atoms with Gasteiger partial charge in [-0.25, -0.2) is 9.97 Å². The zero-order valence-corrected chi connectivity index (χ0v) is 12.6. The van der Waals surface area contributed by atoms with E-state index in [9.17, 15) is 4.79 Å². The fourth-order valence-electron chi connectivity index (χ4n) is 2.70. The first-order chi connectivity index (χ1) is 10.8. The fourth-order valence-corrected chi connectivity index (χ4v) is 2.70. The molecule has 0 bridgehead atoms. The van der Waals surface area contributed by atoms with Gasteiger partial charge in [-0.2, -0.15) is 0 Å². The van der Waals surface area contributed by atoms with Crippen LogP contribution in [0.15, 0.2) is 30.6 Å². The molecule has 0 saturated heterocycles. The summed E-state index contributed by atoms with van der Waals surface area (Å²) in [7, 11) is 0. The van der Waals surface area contributed by atoms with E-state index in [2.05, 4.69) is 15.3 Å². The lowest BCUT2D eigenvalue weighted by Crippen LogP contribution is -2.17. The van der Waals surface area contributed by atoms with Crippen LogP contribution in [0.1, 0.15) is 30.2 Å². The smallest absolute Gasteiger partial charge is 0.229 e. The summed E-state index contributed by atoms with van der Waals surface area (Å²) in [5.74, 6) is 1.43. The molecule has 0 aliphatic heterocycles. The van der Waals surface area contributed by atoms with E-state index < -0.39 is 0 Å². The van der Waals surface area contributed by atoms with Crippen molar-refractivity contribution >= 4 is 11.7 Å². The molecule has 1 N–H and O–H groups in total. The predicted molar refractivity (Wildman–Crippen MR) is 84.0 cm³/mol. The van der Waals surface area contributed by atoms with Crippen LogP contribution in [-0.2, 0) is 24.1 Å². The molecule has 2 aromatic rings. The van der Waals surface area contributed by atoms with Crippen molar-refractivity contribution in [3.8, 4) is 5.75 Å². The van der Waals surface area contributed by atoms with Gasteiger partial charge in [0.2, 0.25) is 5.91 Å². The van der Waals surface area contributed by atoms with E-state index in [1.165, 1.54) is 6.33 Å². The summed E-state index contributed by atoms with van der Waals surface area (Å²) in [5.41, 5.74) is 3.10. The molecule has 22 heavy (non-hydrogen) atoms. The number of nitrogens with one attached hydrogen (secondary N) is 1. The van der Waals surface area contributed by atoms with Crippen molar-refractivity contribution in [1.82, 2.24) is 9.97 Å². The van der Waals surface area contributed by atoms with Crippen LogP contribution in [0, 0.1) is 0 Å². The highest BCUT2D eigenvalue weighted by Crippen LogP contribution is 2.25. The van der Waals surface area contributed by atoms with E-state index in [0.717, 1.165) is 41.8 Å². The van der Waals surface area contributed by atoms with Gasteiger partial charge in [0.25, 0.3) is 0 Å². The van der Waals surface area contributed by atoms with Crippen molar-refractivity contribution in [3.05, 3.63) is 47.4 Å². The summed E-state index contributed by atoms with van der Waals surface area (Å²) in [6, 6.07) is 7.59. The lowest BCUT2D eigenvalue weighted by atomic mass is 10.1. The number of hydrogen-bond donors (Lipinski definition) is 1. The number of carbonyl (C=O) groups excluding carboxylic acids is 1. The Hall–Kier alpha value is -2.43. The van der Waals surface area contributed by atoms with E-state index >= 15 is 0 Å². The Balaban J connectivity index is 1.64. The molecule has 0 unspecified atom stereocenters. The average Bonchev–Trinajstić information content (AvgIpc) is 2.99. The zero-order chi connectivity index (χ0) is 15.4. The van der Waals surface area contributed by atoms with Gasteiger partial charge in [0.15, 0.2) is 0 Å². The van der Waals surface area contributed by atoms with Crippen LogP contribution in [0.25, 0.3) is 0 Å². The molecule has 0 radical (unpaired) electrons. The summed E-state index contributed by atoms with van der Waals surface area (Å²) in [5, 5.41) is 2.91. The third-order valence-corrected chi connectivity index (χ3v) is 3.73. The van der Waals surface area contributed by atoms with Crippen LogP contribution in [0.4, 0.5) is 5.82 Å². The van der Waals surface area contributed by atoms with Crippen LogP contribution in [0.2, 0.25) is 0 Å². The second kappa shape index (κ2) is 6.56. The Morgan fingerprint density at radius 2 is 2.05 bits per heavy atom. The highest BCUT2D eigenvalue weighted by Gasteiger charge is 2.18. The number of anilines is 1. The Morgan fingerprint density at radius 1 is 1.23 bits per heavy atom. The van der Waals surface area contributed by atoms with Crippen LogP contribution < -0.4 is 10.1 Å². The SMILES string of the molecule is CCOc1ccc(CC(=O)Nc2ncnc3c2CCC3)cc1. The number of fused-ring (bicyclic) bond motifs is 1. The molecule has 1 aromatic heterocycles. The molecule has 1 aliphatic carbocycles. The van der Waals surface area contributed by atoms with Crippen molar-refractivity contribution < 1.29 is 9.53 Å². The topological polar surface area (TPSA) is 64.1 Å². The molecular weight excluding hydrogens is 278 g/mol. The lowest BCUT2D eigenvalue weighted by molar-refractivity contribution is -0.115. The number of nitrogens with zero attached hydrogens (tertiary/aromatic N) is 2. The summed E-state index contributed by atoms with van der Waals surface area (Å²) in [4.78, 5) is 20.7. The molecule has 1 aliphatic rings. The number of aryl methyl sites for hydroxylation is 1. The van der Waals surface area contributed by atoms with Crippen molar-refractivity contribution in [2.24, 2.45) is 0 Å². The second-order valence-electron chi connectivity index (χ2n) is 5.30. The summed E-state index contributed by atoms with van der Waals surface area (Å²) in [6.45, 7) is 2.58. The Kier molecular flexibility index (Phi) is 4.32. The molecule has 1 heterocycles. The van der Waals surface area contributed by atoms with E-state index in [-0.39, 0.29) is 5.91 Å². The monoisotopic (exact) mass is 297 g/mol. The van der Waals surface area contributed by atoms with E-state index in [4.69, 9.17) is 4.74 Å². The molecule has 5 nitrogen and oxygen atoms in total. The number of ether oxygens (including phenoxy) is 1. The van der Waals surface area contributed by atoms with Crippen LogP contribution in [0.3, 0.4) is 0 Å². The first-order valence-electron chi connectivity index (χ1n) is 7.60. The summed E-state index contributed by atoms with van der Waals surface area (Å²) < 4.78 is 5.39. The first kappa shape index (κ1) is 14.5. The van der Waals surface area contributed by atoms with Gasteiger partial charge in [0.1, 0.15) is 17.9 Å². The molecule has 5 heteroatoms.